The van der Waals surface area contributed by atoms with Gasteiger partial charge in [-0.15, -0.1) is 0 Å². The van der Waals surface area contributed by atoms with Crippen molar-refractivity contribution in [3.05, 3.63) is 29.3 Å². The second-order valence-corrected chi connectivity index (χ2v) is 4.99. The van der Waals surface area contributed by atoms with Crippen LogP contribution in [0.4, 0.5) is 5.69 Å². The second kappa shape index (κ2) is 4.88. The topological polar surface area (TPSA) is 29.3 Å². The molecule has 0 saturated carbocycles. The fraction of sp³-hybridized carbons (Fsp3) is 0.571. The van der Waals surface area contributed by atoms with Gasteiger partial charge in [-0.1, -0.05) is 25.5 Å². The Bertz CT molecular complexity index is 360. The summed E-state index contributed by atoms with van der Waals surface area (Å²) in [5.74, 6) is 0.912. The summed E-state index contributed by atoms with van der Waals surface area (Å²) >= 11 is 0. The van der Waals surface area contributed by atoms with Crippen molar-refractivity contribution in [1.29, 1.82) is 0 Å². The molecule has 1 aliphatic heterocycles. The van der Waals surface area contributed by atoms with E-state index >= 15 is 0 Å². The minimum atomic E-state index is 0.900. The highest BCUT2D eigenvalue weighted by Crippen LogP contribution is 2.22. The van der Waals surface area contributed by atoms with E-state index in [0.29, 0.717) is 0 Å². The molecule has 1 aromatic carbocycles. The number of nitrogen functional groups attached to an aromatic ring is 1. The van der Waals surface area contributed by atoms with Crippen molar-refractivity contribution in [2.24, 2.45) is 5.92 Å². The van der Waals surface area contributed by atoms with E-state index in [-0.39, 0.29) is 0 Å². The first-order chi connectivity index (χ1) is 7.69. The molecule has 2 N–H and O–H groups in total. The number of rotatable bonds is 3. The molecule has 88 valence electrons. The molecule has 0 spiro atoms. The highest BCUT2D eigenvalue weighted by molar-refractivity contribution is 5.47. The predicted molar refractivity (Wildman–Crippen MR) is 69.3 cm³/mol. The zero-order chi connectivity index (χ0) is 11.5. The fourth-order valence-corrected chi connectivity index (χ4v) is 2.48. The van der Waals surface area contributed by atoms with Crippen molar-refractivity contribution in [1.82, 2.24) is 4.90 Å². The Morgan fingerprint density at radius 2 is 2.25 bits per heavy atom. The third-order valence-corrected chi connectivity index (χ3v) is 3.69. The lowest BCUT2D eigenvalue weighted by Gasteiger charge is -2.16. The fourth-order valence-electron chi connectivity index (χ4n) is 2.48. The summed E-state index contributed by atoms with van der Waals surface area (Å²) in [5.41, 5.74) is 9.32. The van der Waals surface area contributed by atoms with Crippen LogP contribution in [-0.4, -0.2) is 18.0 Å². The summed E-state index contributed by atoms with van der Waals surface area (Å²) in [6.07, 6.45) is 2.68. The van der Waals surface area contributed by atoms with Gasteiger partial charge in [0.05, 0.1) is 0 Å². The Balaban J connectivity index is 1.97. The first-order valence-corrected chi connectivity index (χ1v) is 6.26. The highest BCUT2D eigenvalue weighted by atomic mass is 15.1. The number of hydrogen-bond acceptors (Lipinski definition) is 2. The summed E-state index contributed by atoms with van der Waals surface area (Å²) in [7, 11) is 0. The number of hydrogen-bond donors (Lipinski definition) is 1. The number of nitrogens with two attached hydrogens (primary N) is 1. The minimum absolute atomic E-state index is 0.900. The third kappa shape index (κ3) is 2.56. The maximum absolute atomic E-state index is 5.83. The van der Waals surface area contributed by atoms with Gasteiger partial charge in [0, 0.05) is 18.8 Å². The standard InChI is InChI=1S/C14H22N2/c1-3-12-6-7-16(9-12)10-13-4-5-14(15)11(2)8-13/h4-5,8,12H,3,6-7,9-10,15H2,1-2H3. The number of benzene rings is 1. The van der Waals surface area contributed by atoms with Gasteiger partial charge in [-0.2, -0.15) is 0 Å². The summed E-state index contributed by atoms with van der Waals surface area (Å²) in [5, 5.41) is 0. The molecule has 1 atom stereocenters. The van der Waals surface area contributed by atoms with Crippen LogP contribution in [0, 0.1) is 12.8 Å². The van der Waals surface area contributed by atoms with Crippen molar-refractivity contribution in [3.8, 4) is 0 Å². The number of anilines is 1. The van der Waals surface area contributed by atoms with E-state index in [1.807, 2.05) is 6.07 Å². The minimum Gasteiger partial charge on any atom is -0.399 e. The molecule has 0 radical (unpaired) electrons. The van der Waals surface area contributed by atoms with Crippen LogP contribution in [0.3, 0.4) is 0 Å². The first-order valence-electron chi connectivity index (χ1n) is 6.26. The third-order valence-electron chi connectivity index (χ3n) is 3.69. The maximum Gasteiger partial charge on any atom is 0.0343 e. The smallest absolute Gasteiger partial charge is 0.0343 e. The van der Waals surface area contributed by atoms with Crippen molar-refractivity contribution in [3.63, 3.8) is 0 Å². The molecule has 1 fully saturated rings. The van der Waals surface area contributed by atoms with Crippen LogP contribution in [0.2, 0.25) is 0 Å². The zero-order valence-corrected chi connectivity index (χ0v) is 10.4. The van der Waals surface area contributed by atoms with Gasteiger partial charge in [0.1, 0.15) is 0 Å². The van der Waals surface area contributed by atoms with Gasteiger partial charge < -0.3 is 5.73 Å². The molecule has 2 rings (SSSR count). The van der Waals surface area contributed by atoms with Gasteiger partial charge in [0.15, 0.2) is 0 Å². The van der Waals surface area contributed by atoms with Crippen LogP contribution >= 0.6 is 0 Å². The summed E-state index contributed by atoms with van der Waals surface area (Å²) in [6, 6.07) is 6.40. The molecule has 0 aromatic heterocycles. The Morgan fingerprint density at radius 1 is 1.44 bits per heavy atom. The number of nitrogens with zero attached hydrogens (tertiary/aromatic N) is 1. The van der Waals surface area contributed by atoms with Crippen molar-refractivity contribution in [2.45, 2.75) is 33.2 Å². The molecular weight excluding hydrogens is 196 g/mol. The molecule has 2 heteroatoms. The normalized spacial score (nSPS) is 21.5. The van der Waals surface area contributed by atoms with Gasteiger partial charge >= 0.3 is 0 Å². The Hall–Kier alpha value is -1.02. The van der Waals surface area contributed by atoms with E-state index in [2.05, 4.69) is 30.9 Å². The monoisotopic (exact) mass is 218 g/mol. The molecule has 0 aliphatic carbocycles. The number of aryl methyl sites for hydroxylation is 1. The molecule has 2 nitrogen and oxygen atoms in total. The van der Waals surface area contributed by atoms with Gasteiger partial charge in [0.2, 0.25) is 0 Å². The lowest BCUT2D eigenvalue weighted by molar-refractivity contribution is 0.315. The van der Waals surface area contributed by atoms with E-state index in [9.17, 15) is 0 Å². The van der Waals surface area contributed by atoms with Gasteiger partial charge in [0.25, 0.3) is 0 Å². The van der Waals surface area contributed by atoms with Crippen LogP contribution in [-0.2, 0) is 6.54 Å². The highest BCUT2D eigenvalue weighted by Gasteiger charge is 2.20. The molecule has 1 saturated heterocycles. The second-order valence-electron chi connectivity index (χ2n) is 4.99. The van der Waals surface area contributed by atoms with Crippen LogP contribution in [0.15, 0.2) is 18.2 Å². The molecule has 1 aromatic rings. The molecular formula is C14H22N2. The van der Waals surface area contributed by atoms with Gasteiger partial charge in [-0.05, 0) is 43.0 Å². The zero-order valence-electron chi connectivity index (χ0n) is 10.4. The Morgan fingerprint density at radius 3 is 2.88 bits per heavy atom. The van der Waals surface area contributed by atoms with E-state index < -0.39 is 0 Å². The van der Waals surface area contributed by atoms with Gasteiger partial charge in [-0.3, -0.25) is 4.90 Å². The molecule has 0 amide bonds. The lowest BCUT2D eigenvalue weighted by Crippen LogP contribution is -2.20. The molecule has 1 aliphatic rings. The molecule has 1 unspecified atom stereocenters. The molecule has 0 bridgehead atoms. The van der Waals surface area contributed by atoms with Crippen LogP contribution in [0.5, 0.6) is 0 Å². The van der Waals surface area contributed by atoms with Crippen molar-refractivity contribution >= 4 is 5.69 Å². The van der Waals surface area contributed by atoms with E-state index in [1.165, 1.54) is 37.1 Å². The van der Waals surface area contributed by atoms with Crippen LogP contribution in [0.1, 0.15) is 30.9 Å². The van der Waals surface area contributed by atoms with Gasteiger partial charge in [-0.25, -0.2) is 0 Å². The maximum atomic E-state index is 5.83. The summed E-state index contributed by atoms with van der Waals surface area (Å²) in [6.45, 7) is 7.97. The Labute approximate surface area is 98.4 Å². The Kier molecular flexibility index (Phi) is 3.49. The van der Waals surface area contributed by atoms with E-state index in [0.717, 1.165) is 18.2 Å². The average Bonchev–Trinajstić information content (AvgIpc) is 2.71. The number of likely N-dealkylation sites (tertiary alicyclic amines) is 1. The average molecular weight is 218 g/mol. The summed E-state index contributed by atoms with van der Waals surface area (Å²) in [4.78, 5) is 2.55. The quantitative estimate of drug-likeness (QED) is 0.790. The largest absolute Gasteiger partial charge is 0.399 e. The van der Waals surface area contributed by atoms with Crippen molar-refractivity contribution in [2.75, 3.05) is 18.8 Å². The first kappa shape index (κ1) is 11.5. The SMILES string of the molecule is CCC1CCN(Cc2ccc(N)c(C)c2)C1. The van der Waals surface area contributed by atoms with E-state index in [4.69, 9.17) is 5.73 Å². The van der Waals surface area contributed by atoms with E-state index in [1.54, 1.807) is 0 Å². The van der Waals surface area contributed by atoms with Crippen molar-refractivity contribution < 1.29 is 0 Å². The van der Waals surface area contributed by atoms with Crippen LogP contribution in [0.25, 0.3) is 0 Å². The molecule has 16 heavy (non-hydrogen) atoms. The predicted octanol–water partition coefficient (Wildman–Crippen LogP) is 2.81. The molecule has 1 heterocycles. The lowest BCUT2D eigenvalue weighted by atomic mass is 10.1. The van der Waals surface area contributed by atoms with Crippen LogP contribution < -0.4 is 5.73 Å². The summed E-state index contributed by atoms with van der Waals surface area (Å²) < 4.78 is 0.